The third-order valence-corrected chi connectivity index (χ3v) is 2.85. The first-order valence-electron chi connectivity index (χ1n) is 6.57. The minimum atomic E-state index is 0.149. The fourth-order valence-electron chi connectivity index (χ4n) is 1.74. The third kappa shape index (κ3) is 3.54. The van der Waals surface area contributed by atoms with Crippen LogP contribution < -0.4 is 4.74 Å². The number of nitrogens with one attached hydrogen (secondary N) is 1. The van der Waals surface area contributed by atoms with Gasteiger partial charge in [-0.1, -0.05) is 19.1 Å². The Labute approximate surface area is 123 Å². The van der Waals surface area contributed by atoms with Crippen LogP contribution in [-0.2, 0) is 6.42 Å². The van der Waals surface area contributed by atoms with Crippen molar-refractivity contribution >= 4 is 18.4 Å². The number of aryl methyl sites for hydroxylation is 1. The summed E-state index contributed by atoms with van der Waals surface area (Å²) in [4.78, 5) is 0. The van der Waals surface area contributed by atoms with Crippen molar-refractivity contribution < 1.29 is 4.74 Å². The molecular formula is C14H18N4OS. The van der Waals surface area contributed by atoms with Crippen molar-refractivity contribution in [1.29, 1.82) is 0 Å². The standard InChI is InChI=1S/C14H18N4OS/c1-4-13-16-17-14(20)18(13)15-9-11-6-5-7-12(8-11)19-10(2)3/h5-10H,4H2,1-3H3,(H,17,20)/b15-9+. The molecule has 0 fully saturated rings. The van der Waals surface area contributed by atoms with Crippen LogP contribution in [0.15, 0.2) is 29.4 Å². The zero-order chi connectivity index (χ0) is 14.5. The molecule has 1 heterocycles. The Morgan fingerprint density at radius 1 is 1.50 bits per heavy atom. The van der Waals surface area contributed by atoms with Crippen LogP contribution in [0.25, 0.3) is 0 Å². The fourth-order valence-corrected chi connectivity index (χ4v) is 1.94. The van der Waals surface area contributed by atoms with Gasteiger partial charge in [-0.3, -0.25) is 5.10 Å². The maximum Gasteiger partial charge on any atom is 0.216 e. The molecule has 2 aromatic rings. The van der Waals surface area contributed by atoms with Crippen molar-refractivity contribution in [3.8, 4) is 5.75 Å². The second-order valence-corrected chi connectivity index (χ2v) is 4.98. The Balaban J connectivity index is 2.23. The Bertz CT molecular complexity index is 657. The summed E-state index contributed by atoms with van der Waals surface area (Å²) in [6.45, 7) is 6.01. The highest BCUT2D eigenvalue weighted by atomic mass is 32.1. The van der Waals surface area contributed by atoms with Gasteiger partial charge in [0.05, 0.1) is 12.3 Å². The van der Waals surface area contributed by atoms with Gasteiger partial charge in [0.25, 0.3) is 0 Å². The van der Waals surface area contributed by atoms with Gasteiger partial charge in [0.1, 0.15) is 5.75 Å². The molecular weight excluding hydrogens is 272 g/mol. The lowest BCUT2D eigenvalue weighted by Crippen LogP contribution is -2.05. The summed E-state index contributed by atoms with van der Waals surface area (Å²) in [6.07, 6.45) is 2.66. The van der Waals surface area contributed by atoms with Crippen LogP contribution in [0.3, 0.4) is 0 Å². The van der Waals surface area contributed by atoms with E-state index in [2.05, 4.69) is 15.3 Å². The first-order chi connectivity index (χ1) is 9.60. The molecule has 0 saturated heterocycles. The van der Waals surface area contributed by atoms with E-state index >= 15 is 0 Å². The number of benzene rings is 1. The van der Waals surface area contributed by atoms with Crippen molar-refractivity contribution in [2.45, 2.75) is 33.3 Å². The van der Waals surface area contributed by atoms with Crippen molar-refractivity contribution in [3.05, 3.63) is 40.4 Å². The largest absolute Gasteiger partial charge is 0.491 e. The van der Waals surface area contributed by atoms with E-state index in [1.165, 1.54) is 0 Å². The number of aromatic nitrogens is 3. The molecule has 0 aliphatic carbocycles. The van der Waals surface area contributed by atoms with E-state index in [9.17, 15) is 0 Å². The van der Waals surface area contributed by atoms with Crippen molar-refractivity contribution in [2.24, 2.45) is 5.10 Å². The number of hydrogen-bond donors (Lipinski definition) is 1. The topological polar surface area (TPSA) is 55.2 Å². The molecule has 1 aromatic carbocycles. The summed E-state index contributed by atoms with van der Waals surface area (Å²) in [7, 11) is 0. The first-order valence-corrected chi connectivity index (χ1v) is 6.98. The van der Waals surface area contributed by atoms with Gasteiger partial charge < -0.3 is 4.74 Å². The van der Waals surface area contributed by atoms with Crippen LogP contribution >= 0.6 is 12.2 Å². The number of hydrogen-bond acceptors (Lipinski definition) is 4. The molecule has 0 aliphatic heterocycles. The second kappa shape index (κ2) is 6.47. The normalized spacial score (nSPS) is 11.4. The molecule has 1 aromatic heterocycles. The summed E-state index contributed by atoms with van der Waals surface area (Å²) in [6, 6.07) is 7.78. The number of ether oxygens (including phenoxy) is 1. The molecule has 5 nitrogen and oxygen atoms in total. The van der Waals surface area contributed by atoms with E-state index in [1.54, 1.807) is 10.9 Å². The molecule has 0 radical (unpaired) electrons. The van der Waals surface area contributed by atoms with Gasteiger partial charge in [0.15, 0.2) is 5.82 Å². The molecule has 6 heteroatoms. The van der Waals surface area contributed by atoms with Crippen LogP contribution in [0.2, 0.25) is 0 Å². The Hall–Kier alpha value is -1.95. The van der Waals surface area contributed by atoms with Gasteiger partial charge in [0, 0.05) is 6.42 Å². The number of nitrogens with zero attached hydrogens (tertiary/aromatic N) is 3. The minimum Gasteiger partial charge on any atom is -0.491 e. The van der Waals surface area contributed by atoms with Crippen LogP contribution in [0, 0.1) is 4.77 Å². The lowest BCUT2D eigenvalue weighted by atomic mass is 10.2. The van der Waals surface area contributed by atoms with Crippen LogP contribution in [0.5, 0.6) is 5.75 Å². The van der Waals surface area contributed by atoms with Gasteiger partial charge in [-0.25, -0.2) is 0 Å². The molecule has 0 amide bonds. The molecule has 0 bridgehead atoms. The van der Waals surface area contributed by atoms with Gasteiger partial charge in [-0.2, -0.15) is 14.9 Å². The van der Waals surface area contributed by atoms with Crippen LogP contribution in [0.1, 0.15) is 32.2 Å². The average molecular weight is 290 g/mol. The molecule has 0 atom stereocenters. The summed E-state index contributed by atoms with van der Waals surface area (Å²) >= 11 is 5.14. The summed E-state index contributed by atoms with van der Waals surface area (Å²) in [5.74, 6) is 1.64. The van der Waals surface area contributed by atoms with Gasteiger partial charge >= 0.3 is 0 Å². The van der Waals surface area contributed by atoms with E-state index in [1.807, 2.05) is 45.0 Å². The lowest BCUT2D eigenvalue weighted by molar-refractivity contribution is 0.242. The molecule has 1 N–H and O–H groups in total. The molecule has 0 saturated carbocycles. The summed E-state index contributed by atoms with van der Waals surface area (Å²) in [5, 5.41) is 11.2. The maximum atomic E-state index is 5.65. The highest BCUT2D eigenvalue weighted by molar-refractivity contribution is 7.71. The highest BCUT2D eigenvalue weighted by Gasteiger charge is 2.02. The zero-order valence-corrected chi connectivity index (χ0v) is 12.6. The van der Waals surface area contributed by atoms with E-state index in [-0.39, 0.29) is 6.10 Å². The first kappa shape index (κ1) is 14.5. The van der Waals surface area contributed by atoms with E-state index in [4.69, 9.17) is 17.0 Å². The van der Waals surface area contributed by atoms with Crippen molar-refractivity contribution in [2.75, 3.05) is 0 Å². The Morgan fingerprint density at radius 3 is 3.00 bits per heavy atom. The number of rotatable bonds is 5. The molecule has 2 rings (SSSR count). The van der Waals surface area contributed by atoms with Crippen molar-refractivity contribution in [3.63, 3.8) is 0 Å². The fraction of sp³-hybridized carbons (Fsp3) is 0.357. The van der Waals surface area contributed by atoms with E-state index in [0.29, 0.717) is 4.77 Å². The molecule has 0 unspecified atom stereocenters. The third-order valence-electron chi connectivity index (χ3n) is 2.59. The maximum absolute atomic E-state index is 5.65. The minimum absolute atomic E-state index is 0.149. The van der Waals surface area contributed by atoms with Gasteiger partial charge in [-0.15, -0.1) is 0 Å². The smallest absolute Gasteiger partial charge is 0.216 e. The van der Waals surface area contributed by atoms with E-state index in [0.717, 1.165) is 23.6 Å². The van der Waals surface area contributed by atoms with Gasteiger partial charge in [0.2, 0.25) is 4.77 Å². The molecule has 0 aliphatic rings. The quantitative estimate of drug-likeness (QED) is 0.679. The average Bonchev–Trinajstić information content (AvgIpc) is 2.76. The monoisotopic (exact) mass is 290 g/mol. The summed E-state index contributed by atoms with van der Waals surface area (Å²) in [5.41, 5.74) is 0.952. The molecule has 0 spiro atoms. The molecule has 20 heavy (non-hydrogen) atoms. The Morgan fingerprint density at radius 2 is 2.30 bits per heavy atom. The Kier molecular flexibility index (Phi) is 4.68. The van der Waals surface area contributed by atoms with Gasteiger partial charge in [-0.05, 0) is 43.8 Å². The second-order valence-electron chi connectivity index (χ2n) is 4.59. The van der Waals surface area contributed by atoms with Crippen LogP contribution in [0.4, 0.5) is 0 Å². The highest BCUT2D eigenvalue weighted by Crippen LogP contribution is 2.13. The molecule has 106 valence electrons. The SMILES string of the molecule is CCc1n[nH]c(=S)n1/N=C/c1cccc(OC(C)C)c1. The van der Waals surface area contributed by atoms with Crippen molar-refractivity contribution in [1.82, 2.24) is 14.9 Å². The summed E-state index contributed by atoms with van der Waals surface area (Å²) < 4.78 is 7.78. The lowest BCUT2D eigenvalue weighted by Gasteiger charge is -2.09. The number of H-pyrrole nitrogens is 1. The predicted octanol–water partition coefficient (Wildman–Crippen LogP) is 3.17. The zero-order valence-electron chi connectivity index (χ0n) is 11.8. The number of aromatic amines is 1. The predicted molar refractivity (Wildman–Crippen MR) is 82.0 cm³/mol. The van der Waals surface area contributed by atoms with Crippen LogP contribution in [-0.4, -0.2) is 27.2 Å². The van der Waals surface area contributed by atoms with E-state index < -0.39 is 0 Å².